The smallest absolute Gasteiger partial charge is 0.416 e. The van der Waals surface area contributed by atoms with Crippen molar-refractivity contribution in [2.24, 2.45) is 0 Å². The zero-order chi connectivity index (χ0) is 52.6. The molecule has 2 aromatic heterocycles. The van der Waals surface area contributed by atoms with Crippen LogP contribution in [-0.4, -0.2) is 115 Å². The lowest BCUT2D eigenvalue weighted by Crippen LogP contribution is -2.32. The van der Waals surface area contributed by atoms with E-state index in [1.165, 1.54) is 0 Å². The van der Waals surface area contributed by atoms with Crippen LogP contribution in [0.25, 0.3) is 44.6 Å². The van der Waals surface area contributed by atoms with Crippen molar-refractivity contribution in [2.75, 3.05) is 40.4 Å². The third kappa shape index (κ3) is 11.3. The fraction of sp³-hybridized carbons (Fsp3) is 0.319. The number of carbonyl (C=O) groups is 2. The SMILES string of the molecule is CN1CC[C@@H](c2c(O)cc(O)c3c(=O)cc(-c4ccc(C(F)(F)F)cc4Cl)oc23)[C@@H]1CO.CN1CC[C@@H](c2c(O)cc(O)c3c(=O)cc(-c4ccc(C(F)(F)F)cc4Cl)oc23)[C@@H]1CO.O=C(O)CC(=O)O. The number of fused-ring (bicyclic) bond motifs is 2. The van der Waals surface area contributed by atoms with Crippen molar-refractivity contribution >= 4 is 57.1 Å². The maximum atomic E-state index is 13.0. The standard InChI is InChI=1S/2C22H19ClF3NO5.C3H4O4/c2*1-27-5-4-12(14(27)9-28)19-15(29)7-16(30)20-17(31)8-18(32-21(19)20)11-3-2-10(6-13(11)23)22(24,25)26;4-2(5)1-3(6)7/h2*2-3,6-8,12,14,28-30H,4-5,9H2,1H3;1H2,(H,4,5)(H,6,7)/t2*12-,14+;/m11./s1. The van der Waals surface area contributed by atoms with Gasteiger partial charge in [0.25, 0.3) is 0 Å². The Morgan fingerprint density at radius 3 is 1.24 bits per heavy atom. The number of nitrogens with zero attached hydrogens (tertiary/aromatic N) is 2. The number of halogens is 8. The minimum Gasteiger partial charge on any atom is -0.507 e. The van der Waals surface area contributed by atoms with Crippen molar-refractivity contribution in [3.63, 3.8) is 0 Å². The Morgan fingerprint density at radius 1 is 0.606 bits per heavy atom. The number of likely N-dealkylation sites (N-methyl/N-ethyl adjacent to an activating group) is 2. The van der Waals surface area contributed by atoms with Crippen LogP contribution in [0.4, 0.5) is 26.3 Å². The van der Waals surface area contributed by atoms with Crippen LogP contribution in [-0.2, 0) is 21.9 Å². The first-order chi connectivity index (χ1) is 33.2. The molecule has 8 N–H and O–H groups in total. The molecule has 71 heavy (non-hydrogen) atoms. The lowest BCUT2D eigenvalue weighted by molar-refractivity contribution is -0.147. The summed E-state index contributed by atoms with van der Waals surface area (Å²) in [6.45, 7) is 0.813. The van der Waals surface area contributed by atoms with Gasteiger partial charge in [-0.3, -0.25) is 19.2 Å². The Labute approximate surface area is 406 Å². The van der Waals surface area contributed by atoms with Gasteiger partial charge in [0, 0.05) is 70.4 Å². The first-order valence-corrected chi connectivity index (χ1v) is 21.8. The number of carboxylic acid groups (broad SMARTS) is 2. The first-order valence-electron chi connectivity index (χ1n) is 21.0. The molecule has 6 aromatic rings. The van der Waals surface area contributed by atoms with Crippen LogP contribution in [0.15, 0.2) is 79.1 Å². The summed E-state index contributed by atoms with van der Waals surface area (Å²) in [5.41, 5.74) is -2.82. The molecule has 2 aliphatic rings. The second kappa shape index (κ2) is 21.0. The van der Waals surface area contributed by atoms with Crippen molar-refractivity contribution < 1.29 is 85.6 Å². The fourth-order valence-corrected chi connectivity index (χ4v) is 9.31. The van der Waals surface area contributed by atoms with Crippen molar-refractivity contribution in [1.29, 1.82) is 0 Å². The van der Waals surface area contributed by atoms with Gasteiger partial charge in [0.05, 0.1) is 34.4 Å². The summed E-state index contributed by atoms with van der Waals surface area (Å²) in [6.07, 6.45) is -8.90. The number of carboxylic acids is 2. The Bertz CT molecular complexity index is 2940. The van der Waals surface area contributed by atoms with Crippen LogP contribution in [0.5, 0.6) is 23.0 Å². The van der Waals surface area contributed by atoms with E-state index in [1.54, 1.807) is 0 Å². The summed E-state index contributed by atoms with van der Waals surface area (Å²) in [5.74, 6) is -5.28. The number of hydrogen-bond acceptors (Lipinski definition) is 14. The van der Waals surface area contributed by atoms with E-state index in [4.69, 9.17) is 42.2 Å². The normalized spacial score (nSPS) is 18.5. The second-order valence-corrected chi connectivity index (χ2v) is 17.4. The Balaban J connectivity index is 0.000000205. The Hall–Kier alpha value is -6.56. The van der Waals surface area contributed by atoms with Gasteiger partial charge in [-0.15, -0.1) is 0 Å². The lowest BCUT2D eigenvalue weighted by Gasteiger charge is -2.24. The Morgan fingerprint density at radius 2 is 0.958 bits per heavy atom. The van der Waals surface area contributed by atoms with Gasteiger partial charge in [-0.25, -0.2) is 0 Å². The lowest BCUT2D eigenvalue weighted by atomic mass is 9.89. The predicted octanol–water partition coefficient (Wildman–Crippen LogP) is 8.19. The monoisotopic (exact) mass is 1040 g/mol. The topological polar surface area (TPSA) is 263 Å². The number of phenolic OH excluding ortho intramolecular Hbond substituents is 4. The number of alkyl halides is 6. The molecule has 0 aliphatic carbocycles. The molecule has 0 bridgehead atoms. The highest BCUT2D eigenvalue weighted by Crippen LogP contribution is 2.47. The van der Waals surface area contributed by atoms with Crippen LogP contribution >= 0.6 is 23.2 Å². The molecule has 4 aromatic carbocycles. The molecule has 0 unspecified atom stereocenters. The van der Waals surface area contributed by atoms with Crippen LogP contribution in [0.2, 0.25) is 10.0 Å². The fourth-order valence-electron chi connectivity index (χ4n) is 8.76. The van der Waals surface area contributed by atoms with Gasteiger partial charge in [-0.1, -0.05) is 23.2 Å². The summed E-state index contributed by atoms with van der Waals surface area (Å²) in [6, 6.07) is 8.72. The highest BCUT2D eigenvalue weighted by molar-refractivity contribution is 6.33. The van der Waals surface area contributed by atoms with Crippen LogP contribution in [0, 0.1) is 0 Å². The quantitative estimate of drug-likeness (QED) is 0.0528. The first kappa shape index (κ1) is 53.8. The van der Waals surface area contributed by atoms with Crippen LogP contribution in [0.3, 0.4) is 0 Å². The number of aliphatic carboxylic acids is 2. The average Bonchev–Trinajstić information content (AvgIpc) is 3.82. The number of benzene rings is 4. The minimum absolute atomic E-state index is 0.0506. The molecule has 4 heterocycles. The number of hydrogen-bond donors (Lipinski definition) is 8. The number of likely N-dealkylation sites (tertiary alicyclic amines) is 2. The van der Waals surface area contributed by atoms with Gasteiger partial charge in [-0.2, -0.15) is 26.3 Å². The molecule has 380 valence electrons. The van der Waals surface area contributed by atoms with Gasteiger partial charge < -0.3 is 59.5 Å². The molecule has 0 radical (unpaired) electrons. The maximum absolute atomic E-state index is 13.0. The summed E-state index contributed by atoms with van der Waals surface area (Å²) >= 11 is 12.1. The Kier molecular flexibility index (Phi) is 15.9. The molecule has 2 saturated heterocycles. The second-order valence-electron chi connectivity index (χ2n) is 16.6. The zero-order valence-electron chi connectivity index (χ0n) is 37.0. The largest absolute Gasteiger partial charge is 0.507 e. The molecular weight excluding hydrogens is 1000 g/mol. The summed E-state index contributed by atoms with van der Waals surface area (Å²) < 4.78 is 89.6. The zero-order valence-corrected chi connectivity index (χ0v) is 38.5. The van der Waals surface area contributed by atoms with Crippen molar-refractivity contribution in [2.45, 2.75) is 55.5 Å². The number of aliphatic hydroxyl groups is 2. The van der Waals surface area contributed by atoms with Gasteiger partial charge in [0.15, 0.2) is 10.9 Å². The van der Waals surface area contributed by atoms with Crippen molar-refractivity contribution in [3.05, 3.63) is 113 Å². The third-order valence-electron chi connectivity index (χ3n) is 12.2. The third-order valence-corrected chi connectivity index (χ3v) is 12.8. The van der Waals surface area contributed by atoms with Gasteiger partial charge >= 0.3 is 24.3 Å². The van der Waals surface area contributed by atoms with Crippen molar-refractivity contribution in [3.8, 4) is 45.6 Å². The van der Waals surface area contributed by atoms with E-state index in [1.807, 2.05) is 23.9 Å². The molecule has 0 amide bonds. The maximum Gasteiger partial charge on any atom is 0.416 e. The van der Waals surface area contributed by atoms with E-state index in [-0.39, 0.29) is 103 Å². The number of aliphatic hydroxyl groups excluding tert-OH is 2. The molecule has 8 rings (SSSR count). The van der Waals surface area contributed by atoms with Gasteiger partial charge in [0.1, 0.15) is 62.9 Å². The predicted molar refractivity (Wildman–Crippen MR) is 244 cm³/mol. The average molecular weight is 1040 g/mol. The molecule has 0 spiro atoms. The molecule has 16 nitrogen and oxygen atoms in total. The highest BCUT2D eigenvalue weighted by Gasteiger charge is 2.39. The highest BCUT2D eigenvalue weighted by atomic mass is 35.5. The minimum atomic E-state index is -4.59. The molecule has 0 saturated carbocycles. The van der Waals surface area contributed by atoms with E-state index in [0.717, 1.165) is 60.7 Å². The van der Waals surface area contributed by atoms with Gasteiger partial charge in [0.2, 0.25) is 0 Å². The van der Waals surface area contributed by atoms with Crippen LogP contribution < -0.4 is 10.9 Å². The van der Waals surface area contributed by atoms with Crippen molar-refractivity contribution in [1.82, 2.24) is 9.80 Å². The van der Waals surface area contributed by atoms with E-state index in [0.29, 0.717) is 25.9 Å². The van der Waals surface area contributed by atoms with E-state index in [9.17, 15) is 76.2 Å². The van der Waals surface area contributed by atoms with E-state index < -0.39 is 76.0 Å². The number of phenols is 4. The summed E-state index contributed by atoms with van der Waals surface area (Å²) in [7, 11) is 3.62. The van der Waals surface area contributed by atoms with E-state index in [2.05, 4.69) is 0 Å². The van der Waals surface area contributed by atoms with Crippen LogP contribution in [0.1, 0.15) is 53.4 Å². The summed E-state index contributed by atoms with van der Waals surface area (Å²) in [4.78, 5) is 48.3. The molecule has 2 fully saturated rings. The molecule has 2 aliphatic heterocycles. The molecule has 24 heteroatoms. The molecular formula is C47H42Cl2F6N2O14. The van der Waals surface area contributed by atoms with Gasteiger partial charge in [-0.05, 0) is 76.4 Å². The van der Waals surface area contributed by atoms with E-state index >= 15 is 0 Å². The summed E-state index contributed by atoms with van der Waals surface area (Å²) in [5, 5.41) is 76.0. The molecule has 4 atom stereocenters. The number of rotatable bonds is 8. The number of aromatic hydroxyl groups is 4.